The van der Waals surface area contributed by atoms with Crippen LogP contribution in [0.3, 0.4) is 0 Å². The van der Waals surface area contributed by atoms with Crippen molar-refractivity contribution in [2.75, 3.05) is 4.90 Å². The second-order valence-corrected chi connectivity index (χ2v) is 13.0. The minimum Gasteiger partial charge on any atom is -0.337 e. The predicted molar refractivity (Wildman–Crippen MR) is 216 cm³/mol. The molecule has 0 amide bonds. The third kappa shape index (κ3) is 5.88. The molecule has 2 nitrogen and oxygen atoms in total. The van der Waals surface area contributed by atoms with Gasteiger partial charge in [0.25, 0.3) is 0 Å². The number of fused-ring (bicyclic) bond motifs is 3. The van der Waals surface area contributed by atoms with Gasteiger partial charge in [-0.25, -0.2) is 0 Å². The molecule has 0 unspecified atom stereocenters. The van der Waals surface area contributed by atoms with E-state index in [0.717, 1.165) is 23.6 Å². The average Bonchev–Trinajstić information content (AvgIpc) is 3.55. The first-order valence-electron chi connectivity index (χ1n) is 17.6. The van der Waals surface area contributed by atoms with E-state index in [9.17, 15) is 0 Å². The van der Waals surface area contributed by atoms with Crippen LogP contribution in [0.1, 0.15) is 5.56 Å². The molecule has 0 fully saturated rings. The zero-order chi connectivity index (χ0) is 34.0. The maximum absolute atomic E-state index is 2.41. The lowest BCUT2D eigenvalue weighted by molar-refractivity contribution is 0.977. The summed E-state index contributed by atoms with van der Waals surface area (Å²) in [6.45, 7) is 0.729. The summed E-state index contributed by atoms with van der Waals surface area (Å²) in [5.41, 5.74) is 14.5. The Bertz CT molecular complexity index is 2570. The fourth-order valence-electron chi connectivity index (χ4n) is 7.36. The smallest absolute Gasteiger partial charge is 0.0547 e. The van der Waals surface area contributed by atoms with E-state index in [4.69, 9.17) is 0 Å². The van der Waals surface area contributed by atoms with Crippen LogP contribution in [0.5, 0.6) is 0 Å². The van der Waals surface area contributed by atoms with E-state index in [1.807, 2.05) is 0 Å². The summed E-state index contributed by atoms with van der Waals surface area (Å²) in [4.78, 5) is 2.41. The third-order valence-electron chi connectivity index (χ3n) is 9.92. The molecule has 0 spiro atoms. The van der Waals surface area contributed by atoms with Crippen molar-refractivity contribution in [1.82, 2.24) is 4.57 Å². The van der Waals surface area contributed by atoms with Gasteiger partial charge in [0.1, 0.15) is 0 Å². The molecule has 51 heavy (non-hydrogen) atoms. The first kappa shape index (κ1) is 30.4. The first-order valence-corrected chi connectivity index (χ1v) is 17.6. The summed E-state index contributed by atoms with van der Waals surface area (Å²) in [5.74, 6) is 0. The number of nitrogens with zero attached hydrogens (tertiary/aromatic N) is 2. The highest BCUT2D eigenvalue weighted by Gasteiger charge is 2.17. The Balaban J connectivity index is 1.13. The zero-order valence-electron chi connectivity index (χ0n) is 28.2. The van der Waals surface area contributed by atoms with Gasteiger partial charge in [0.15, 0.2) is 0 Å². The Morgan fingerprint density at radius 2 is 0.843 bits per heavy atom. The van der Waals surface area contributed by atoms with Crippen LogP contribution in [0.15, 0.2) is 206 Å². The van der Waals surface area contributed by atoms with Crippen molar-refractivity contribution in [3.05, 3.63) is 212 Å². The van der Waals surface area contributed by atoms with Crippen molar-refractivity contribution in [2.24, 2.45) is 0 Å². The number of rotatable bonds is 8. The number of aromatic nitrogens is 1. The molecule has 1 heterocycles. The normalized spacial score (nSPS) is 11.2. The Morgan fingerprint density at radius 3 is 1.53 bits per heavy atom. The van der Waals surface area contributed by atoms with Crippen molar-refractivity contribution >= 4 is 33.2 Å². The molecule has 0 aliphatic heterocycles. The molecule has 9 aromatic rings. The molecule has 0 saturated heterocycles. The van der Waals surface area contributed by atoms with Gasteiger partial charge in [0.05, 0.1) is 11.0 Å². The molecule has 0 aliphatic rings. The van der Waals surface area contributed by atoms with Gasteiger partial charge >= 0.3 is 0 Å². The van der Waals surface area contributed by atoms with E-state index in [0.29, 0.717) is 0 Å². The molecular formula is C49H36N2. The van der Waals surface area contributed by atoms with Crippen LogP contribution in [-0.2, 0) is 6.54 Å². The number of hydrogen-bond donors (Lipinski definition) is 0. The third-order valence-corrected chi connectivity index (χ3v) is 9.92. The highest BCUT2D eigenvalue weighted by atomic mass is 15.1. The molecule has 1 aromatic heterocycles. The number of benzene rings is 8. The molecule has 8 aromatic carbocycles. The zero-order valence-corrected chi connectivity index (χ0v) is 28.2. The summed E-state index contributed by atoms with van der Waals surface area (Å²) in [6.07, 6.45) is 0. The highest BCUT2D eigenvalue weighted by Crippen LogP contribution is 2.37. The molecule has 9 rings (SSSR count). The summed E-state index contributed by atoms with van der Waals surface area (Å²) in [5, 5.41) is 2.51. The maximum Gasteiger partial charge on any atom is 0.0547 e. The highest BCUT2D eigenvalue weighted by molar-refractivity contribution is 6.10. The lowest BCUT2D eigenvalue weighted by atomic mass is 9.97. The molecule has 0 atom stereocenters. The maximum atomic E-state index is 2.41. The average molecular weight is 653 g/mol. The van der Waals surface area contributed by atoms with Crippen LogP contribution in [-0.4, -0.2) is 4.57 Å². The Kier molecular flexibility index (Phi) is 7.96. The predicted octanol–water partition coefficient (Wildman–Crippen LogP) is 13.1. The monoisotopic (exact) mass is 652 g/mol. The lowest BCUT2D eigenvalue weighted by Gasteiger charge is -2.27. The molecule has 0 radical (unpaired) electrons. The topological polar surface area (TPSA) is 8.17 Å². The van der Waals surface area contributed by atoms with E-state index in [2.05, 4.69) is 216 Å². The molecular weight excluding hydrogens is 617 g/mol. The van der Waals surface area contributed by atoms with Crippen LogP contribution < -0.4 is 4.90 Å². The van der Waals surface area contributed by atoms with Crippen LogP contribution >= 0.6 is 0 Å². The fourth-order valence-corrected chi connectivity index (χ4v) is 7.36. The number of hydrogen-bond acceptors (Lipinski definition) is 1. The summed E-state index contributed by atoms with van der Waals surface area (Å²) < 4.78 is 2.41. The quantitative estimate of drug-likeness (QED) is 0.159. The Hall–Kier alpha value is -6.64. The number of para-hydroxylation sites is 2. The SMILES string of the molecule is c1ccc(-c2ccc(N(Cc3ccccc3-c3ccc4c5ccccc5n(-c5ccc(-c6ccccc6)cc5)c4c3)c3ccccc3)cc2)cc1. The first-order chi connectivity index (χ1) is 25.3. The molecule has 0 bridgehead atoms. The second kappa shape index (κ2) is 13.3. The van der Waals surface area contributed by atoms with Crippen LogP contribution in [0.25, 0.3) is 60.9 Å². The largest absolute Gasteiger partial charge is 0.337 e. The Labute approximate surface area is 299 Å². The molecule has 242 valence electrons. The standard InChI is InChI=1S/C49H36N2/c1-4-14-36(15-5-1)38-24-29-43(30-25-38)50(42-19-8-3-9-20-42)35-41-18-10-11-21-45(41)40-28-33-47-46-22-12-13-23-48(46)51(49(47)34-40)44-31-26-39(27-32-44)37-16-6-2-7-17-37/h1-34H,35H2. The van der Waals surface area contributed by atoms with Gasteiger partial charge in [-0.1, -0.05) is 158 Å². The fraction of sp³-hybridized carbons (Fsp3) is 0.0204. The summed E-state index contributed by atoms with van der Waals surface area (Å²) >= 11 is 0. The van der Waals surface area contributed by atoms with Gasteiger partial charge < -0.3 is 9.47 Å². The van der Waals surface area contributed by atoms with Gasteiger partial charge in [-0.2, -0.15) is 0 Å². The van der Waals surface area contributed by atoms with Gasteiger partial charge in [-0.05, 0) is 87.5 Å². The Morgan fingerprint density at radius 1 is 0.353 bits per heavy atom. The van der Waals surface area contributed by atoms with Crippen LogP contribution in [0.4, 0.5) is 11.4 Å². The van der Waals surface area contributed by atoms with Crippen LogP contribution in [0.2, 0.25) is 0 Å². The molecule has 0 saturated carbocycles. The van der Waals surface area contributed by atoms with Crippen molar-refractivity contribution < 1.29 is 0 Å². The van der Waals surface area contributed by atoms with E-state index in [1.54, 1.807) is 0 Å². The van der Waals surface area contributed by atoms with Crippen molar-refractivity contribution in [1.29, 1.82) is 0 Å². The van der Waals surface area contributed by atoms with Crippen LogP contribution in [0, 0.1) is 0 Å². The minimum absolute atomic E-state index is 0.729. The molecule has 2 heteroatoms. The summed E-state index contributed by atoms with van der Waals surface area (Å²) in [7, 11) is 0. The molecule has 0 aliphatic carbocycles. The van der Waals surface area contributed by atoms with Gasteiger partial charge in [0.2, 0.25) is 0 Å². The van der Waals surface area contributed by atoms with Crippen molar-refractivity contribution in [3.8, 4) is 39.1 Å². The van der Waals surface area contributed by atoms with Gasteiger partial charge in [0, 0.05) is 34.4 Å². The summed E-state index contributed by atoms with van der Waals surface area (Å²) in [6, 6.07) is 74.3. The number of anilines is 2. The van der Waals surface area contributed by atoms with Gasteiger partial charge in [-0.15, -0.1) is 0 Å². The van der Waals surface area contributed by atoms with Gasteiger partial charge in [-0.3, -0.25) is 0 Å². The minimum atomic E-state index is 0.729. The van der Waals surface area contributed by atoms with E-state index in [-0.39, 0.29) is 0 Å². The molecule has 0 N–H and O–H groups in total. The lowest BCUT2D eigenvalue weighted by Crippen LogP contribution is -2.17. The second-order valence-electron chi connectivity index (χ2n) is 13.0. The van der Waals surface area contributed by atoms with E-state index in [1.165, 1.54) is 60.8 Å². The van der Waals surface area contributed by atoms with E-state index < -0.39 is 0 Å². The van der Waals surface area contributed by atoms with Crippen molar-refractivity contribution in [2.45, 2.75) is 6.54 Å². The van der Waals surface area contributed by atoms with Crippen molar-refractivity contribution in [3.63, 3.8) is 0 Å². The van der Waals surface area contributed by atoms with E-state index >= 15 is 0 Å².